The lowest BCUT2D eigenvalue weighted by atomic mass is 10.1. The summed E-state index contributed by atoms with van der Waals surface area (Å²) in [7, 11) is 0. The number of hydrogen-bond acceptors (Lipinski definition) is 1. The molecule has 0 aliphatic heterocycles. The van der Waals surface area contributed by atoms with E-state index in [-0.39, 0.29) is 25.1 Å². The summed E-state index contributed by atoms with van der Waals surface area (Å²) in [5, 5.41) is 2.77. The lowest BCUT2D eigenvalue weighted by molar-refractivity contribution is 1.66. The molecule has 1 aromatic carbocycles. The van der Waals surface area contributed by atoms with Gasteiger partial charge in [0.1, 0.15) is 4.34 Å². The van der Waals surface area contributed by atoms with Crippen LogP contribution in [0.3, 0.4) is 0 Å². The maximum atomic E-state index is 6.13. The first-order chi connectivity index (χ1) is 7.95. The highest BCUT2D eigenvalue weighted by atomic mass is 35.5. The minimum Gasteiger partial charge on any atom is -0.131 e. The van der Waals surface area contributed by atoms with Crippen molar-refractivity contribution in [2.24, 2.45) is 0 Å². The highest BCUT2D eigenvalue weighted by Crippen LogP contribution is 2.50. The van der Waals surface area contributed by atoms with E-state index in [1.54, 1.807) is 6.07 Å². The fraction of sp³-hybridized carbons (Fsp3) is 0. The van der Waals surface area contributed by atoms with Gasteiger partial charge in [0.05, 0.1) is 25.1 Å². The van der Waals surface area contributed by atoms with Crippen molar-refractivity contribution in [2.45, 2.75) is 0 Å². The third kappa shape index (κ3) is 2.40. The van der Waals surface area contributed by atoms with Crippen LogP contribution in [0.1, 0.15) is 0 Å². The molecule has 0 radical (unpaired) electrons. The summed E-state index contributed by atoms with van der Waals surface area (Å²) in [6.07, 6.45) is 0. The van der Waals surface area contributed by atoms with Crippen LogP contribution in [0.5, 0.6) is 0 Å². The van der Waals surface area contributed by atoms with Crippen LogP contribution in [0.25, 0.3) is 11.1 Å². The molecule has 0 saturated heterocycles. The Morgan fingerprint density at radius 3 is 1.59 bits per heavy atom. The first kappa shape index (κ1) is 14.1. The molecule has 0 unspecified atom stereocenters. The minimum absolute atomic E-state index is 0.137. The zero-order valence-electron chi connectivity index (χ0n) is 7.83. The van der Waals surface area contributed by atoms with Crippen molar-refractivity contribution < 1.29 is 0 Å². The van der Waals surface area contributed by atoms with E-state index in [4.69, 9.17) is 69.6 Å². The quantitative estimate of drug-likeness (QED) is 0.366. The lowest BCUT2D eigenvalue weighted by Gasteiger charge is -2.11. The average Bonchev–Trinajstić information content (AvgIpc) is 2.71. The molecule has 90 valence electrons. The monoisotopic (exact) mass is 364 g/mol. The summed E-state index contributed by atoms with van der Waals surface area (Å²) in [6, 6.07) is 1.79. The second-order valence-corrected chi connectivity index (χ2v) is 6.46. The Labute approximate surface area is 132 Å². The Balaban J connectivity index is 2.84. The number of benzene rings is 1. The molecule has 0 nitrogen and oxygen atoms in total. The van der Waals surface area contributed by atoms with Crippen LogP contribution in [-0.2, 0) is 0 Å². The minimum atomic E-state index is 0.137. The van der Waals surface area contributed by atoms with Gasteiger partial charge in [-0.05, 0) is 11.4 Å². The Morgan fingerprint density at radius 1 is 0.706 bits per heavy atom. The Kier molecular flexibility index (Phi) is 4.42. The first-order valence-electron chi connectivity index (χ1n) is 4.20. The van der Waals surface area contributed by atoms with Gasteiger partial charge in [-0.15, -0.1) is 11.3 Å². The summed E-state index contributed by atoms with van der Waals surface area (Å²) < 4.78 is 0.559. The number of hydrogen-bond donors (Lipinski definition) is 0. The van der Waals surface area contributed by atoms with E-state index >= 15 is 0 Å². The fourth-order valence-electron chi connectivity index (χ4n) is 1.31. The van der Waals surface area contributed by atoms with Crippen LogP contribution in [0.2, 0.25) is 29.4 Å². The van der Waals surface area contributed by atoms with Crippen LogP contribution >= 0.6 is 80.9 Å². The molecule has 1 aromatic heterocycles. The second-order valence-electron chi connectivity index (χ2n) is 3.05. The van der Waals surface area contributed by atoms with Gasteiger partial charge < -0.3 is 0 Å². The standard InChI is InChI=1S/C10H2Cl6S/c11-5-4(3-1-2-17-10(3)16)6(12)8(14)9(15)7(5)13/h1-2H. The summed E-state index contributed by atoms with van der Waals surface area (Å²) in [4.78, 5) is 0. The molecule has 7 heteroatoms. The maximum absolute atomic E-state index is 6.13. The van der Waals surface area contributed by atoms with Crippen molar-refractivity contribution in [3.63, 3.8) is 0 Å². The molecule has 0 saturated carbocycles. The van der Waals surface area contributed by atoms with Gasteiger partial charge in [0.15, 0.2) is 0 Å². The van der Waals surface area contributed by atoms with Gasteiger partial charge in [0.25, 0.3) is 0 Å². The fourth-order valence-corrected chi connectivity index (χ4v) is 3.59. The maximum Gasteiger partial charge on any atom is 0.101 e. The van der Waals surface area contributed by atoms with Gasteiger partial charge >= 0.3 is 0 Å². The predicted molar refractivity (Wildman–Crippen MR) is 79.8 cm³/mol. The third-order valence-corrected chi connectivity index (χ3v) is 5.54. The van der Waals surface area contributed by atoms with Crippen LogP contribution in [0, 0.1) is 0 Å². The van der Waals surface area contributed by atoms with Crippen molar-refractivity contribution in [1.82, 2.24) is 0 Å². The van der Waals surface area contributed by atoms with E-state index in [1.807, 2.05) is 5.38 Å². The number of halogens is 6. The first-order valence-corrected chi connectivity index (χ1v) is 7.34. The second kappa shape index (κ2) is 5.34. The van der Waals surface area contributed by atoms with Gasteiger partial charge in [-0.1, -0.05) is 69.6 Å². The molecule has 0 bridgehead atoms. The molecule has 2 rings (SSSR count). The molecular weight excluding hydrogens is 365 g/mol. The largest absolute Gasteiger partial charge is 0.131 e. The highest BCUT2D eigenvalue weighted by molar-refractivity contribution is 7.15. The zero-order chi connectivity index (χ0) is 12.7. The Morgan fingerprint density at radius 2 is 1.18 bits per heavy atom. The summed E-state index contributed by atoms with van der Waals surface area (Å²) >= 11 is 37.5. The van der Waals surface area contributed by atoms with Crippen molar-refractivity contribution in [2.75, 3.05) is 0 Å². The molecule has 0 aliphatic carbocycles. The molecule has 0 aliphatic rings. The Bertz CT molecular complexity index is 560. The SMILES string of the molecule is Clc1sccc1-c1c(Cl)c(Cl)c(Cl)c(Cl)c1Cl. The lowest BCUT2D eigenvalue weighted by Crippen LogP contribution is -1.85. The molecule has 1 heterocycles. The molecule has 2 aromatic rings. The van der Waals surface area contributed by atoms with Gasteiger partial charge in [0, 0.05) is 11.1 Å². The molecule has 0 fully saturated rings. The van der Waals surface area contributed by atoms with E-state index in [1.165, 1.54) is 11.3 Å². The highest BCUT2D eigenvalue weighted by Gasteiger charge is 2.22. The summed E-state index contributed by atoms with van der Waals surface area (Å²) in [6.45, 7) is 0. The van der Waals surface area contributed by atoms with Crippen LogP contribution in [0.4, 0.5) is 0 Å². The predicted octanol–water partition coefficient (Wildman–Crippen LogP) is 7.34. The van der Waals surface area contributed by atoms with E-state index < -0.39 is 0 Å². The van der Waals surface area contributed by atoms with Crippen LogP contribution in [-0.4, -0.2) is 0 Å². The number of thiophene rings is 1. The van der Waals surface area contributed by atoms with Gasteiger partial charge in [0.2, 0.25) is 0 Å². The molecular formula is C10H2Cl6S. The Hall–Kier alpha value is 0.660. The normalized spacial score (nSPS) is 10.9. The van der Waals surface area contributed by atoms with E-state index in [9.17, 15) is 0 Å². The third-order valence-electron chi connectivity index (χ3n) is 2.10. The molecule has 17 heavy (non-hydrogen) atoms. The van der Waals surface area contributed by atoms with E-state index in [0.29, 0.717) is 15.5 Å². The van der Waals surface area contributed by atoms with Crippen molar-refractivity contribution >= 4 is 80.9 Å². The van der Waals surface area contributed by atoms with Crippen molar-refractivity contribution in [3.8, 4) is 11.1 Å². The molecule has 0 amide bonds. The number of rotatable bonds is 1. The van der Waals surface area contributed by atoms with Gasteiger partial charge in [-0.2, -0.15) is 0 Å². The van der Waals surface area contributed by atoms with Crippen LogP contribution < -0.4 is 0 Å². The smallest absolute Gasteiger partial charge is 0.101 e. The van der Waals surface area contributed by atoms with E-state index in [2.05, 4.69) is 0 Å². The average molecular weight is 367 g/mol. The molecule has 0 atom stereocenters. The van der Waals surface area contributed by atoms with Crippen LogP contribution in [0.15, 0.2) is 11.4 Å². The summed E-state index contributed by atoms with van der Waals surface area (Å²) in [5.74, 6) is 0. The van der Waals surface area contributed by atoms with Gasteiger partial charge in [-0.25, -0.2) is 0 Å². The molecule has 0 spiro atoms. The molecule has 0 N–H and O–H groups in total. The van der Waals surface area contributed by atoms with Gasteiger partial charge in [-0.3, -0.25) is 0 Å². The van der Waals surface area contributed by atoms with Crippen molar-refractivity contribution in [3.05, 3.63) is 40.9 Å². The van der Waals surface area contributed by atoms with E-state index in [0.717, 1.165) is 0 Å². The van der Waals surface area contributed by atoms with Crippen molar-refractivity contribution in [1.29, 1.82) is 0 Å². The zero-order valence-corrected chi connectivity index (χ0v) is 13.2. The topological polar surface area (TPSA) is 0 Å². The summed E-state index contributed by atoms with van der Waals surface area (Å²) in [5.41, 5.74) is 1.19.